The maximum atomic E-state index is 12.4. The van der Waals surface area contributed by atoms with Gasteiger partial charge in [0.2, 0.25) is 5.91 Å². The molecule has 2 fully saturated rings. The molecule has 2 unspecified atom stereocenters. The minimum absolute atomic E-state index is 0. The number of halogens is 1. The second kappa shape index (κ2) is 7.28. The molecule has 2 aliphatic rings. The van der Waals surface area contributed by atoms with Gasteiger partial charge in [0.05, 0.1) is 6.42 Å². The van der Waals surface area contributed by atoms with Crippen LogP contribution in [-0.2, 0) is 17.6 Å². The molecule has 2 bridgehead atoms. The van der Waals surface area contributed by atoms with Crippen molar-refractivity contribution in [2.24, 2.45) is 0 Å². The molecular weight excluding hydrogens is 284 g/mol. The molecule has 116 valence electrons. The summed E-state index contributed by atoms with van der Waals surface area (Å²) in [6.45, 7) is 3.96. The smallest absolute Gasteiger partial charge is 0.227 e. The van der Waals surface area contributed by atoms with Crippen LogP contribution in [0.15, 0.2) is 24.3 Å². The molecule has 21 heavy (non-hydrogen) atoms. The Hall–Kier alpha value is -1.06. The number of carbonyl (C=O) groups excluding carboxylic acids is 1. The summed E-state index contributed by atoms with van der Waals surface area (Å²) in [6, 6.07) is 9.62. The minimum atomic E-state index is 0. The van der Waals surface area contributed by atoms with Gasteiger partial charge in [0, 0.05) is 25.2 Å². The lowest BCUT2D eigenvalue weighted by Gasteiger charge is -2.24. The molecule has 0 aromatic heterocycles. The second-order valence-corrected chi connectivity index (χ2v) is 6.11. The number of nitrogens with one attached hydrogen (secondary N) is 1. The molecular formula is C17H25ClN2O. The number of fused-ring (bicyclic) bond motifs is 2. The van der Waals surface area contributed by atoms with E-state index in [0.29, 0.717) is 18.5 Å². The van der Waals surface area contributed by atoms with Crippen molar-refractivity contribution >= 4 is 18.3 Å². The summed E-state index contributed by atoms with van der Waals surface area (Å²) in [4.78, 5) is 14.5. The van der Waals surface area contributed by atoms with Crippen molar-refractivity contribution < 1.29 is 4.79 Å². The van der Waals surface area contributed by atoms with Gasteiger partial charge in [-0.3, -0.25) is 4.79 Å². The fourth-order valence-corrected chi connectivity index (χ4v) is 3.35. The predicted octanol–water partition coefficient (Wildman–Crippen LogP) is 2.57. The van der Waals surface area contributed by atoms with Gasteiger partial charge in [-0.1, -0.05) is 31.2 Å². The van der Waals surface area contributed by atoms with E-state index in [1.54, 1.807) is 0 Å². The summed E-state index contributed by atoms with van der Waals surface area (Å²) in [6.07, 6.45) is 5.21. The van der Waals surface area contributed by atoms with Crippen LogP contribution in [0, 0.1) is 0 Å². The molecule has 1 aromatic rings. The second-order valence-electron chi connectivity index (χ2n) is 6.11. The number of carbonyl (C=O) groups is 1. The quantitative estimate of drug-likeness (QED) is 0.931. The van der Waals surface area contributed by atoms with Crippen LogP contribution in [0.25, 0.3) is 0 Å². The third-order valence-corrected chi connectivity index (χ3v) is 4.66. The van der Waals surface area contributed by atoms with Crippen LogP contribution in [0.2, 0.25) is 0 Å². The first-order chi connectivity index (χ1) is 9.74. The Labute approximate surface area is 133 Å². The van der Waals surface area contributed by atoms with Crippen LogP contribution in [-0.4, -0.2) is 36.0 Å². The SMILES string of the molecule is CCc1ccc(CC(=O)N2CCC3CCC(C2)N3)cc1.Cl. The molecule has 0 saturated carbocycles. The molecule has 4 heteroatoms. The molecule has 1 N–H and O–H groups in total. The first kappa shape index (κ1) is 16.3. The Kier molecular flexibility index (Phi) is 5.65. The summed E-state index contributed by atoms with van der Waals surface area (Å²) in [5.41, 5.74) is 2.46. The predicted molar refractivity (Wildman–Crippen MR) is 87.9 cm³/mol. The van der Waals surface area contributed by atoms with E-state index in [2.05, 4.69) is 41.4 Å². The monoisotopic (exact) mass is 308 g/mol. The number of amides is 1. The maximum Gasteiger partial charge on any atom is 0.227 e. The topological polar surface area (TPSA) is 32.3 Å². The van der Waals surface area contributed by atoms with Gasteiger partial charge in [-0.05, 0) is 36.8 Å². The van der Waals surface area contributed by atoms with Crippen molar-refractivity contribution in [1.82, 2.24) is 10.2 Å². The standard InChI is InChI=1S/C17H24N2O.ClH/c1-2-13-3-5-14(6-4-13)11-17(20)19-10-9-15-7-8-16(12-19)18-15;/h3-6,15-16,18H,2,7-12H2,1H3;1H. The van der Waals surface area contributed by atoms with Crippen molar-refractivity contribution in [1.29, 1.82) is 0 Å². The van der Waals surface area contributed by atoms with Crippen molar-refractivity contribution in [2.45, 2.75) is 51.1 Å². The minimum Gasteiger partial charge on any atom is -0.341 e. The van der Waals surface area contributed by atoms with Crippen LogP contribution in [0.5, 0.6) is 0 Å². The van der Waals surface area contributed by atoms with Gasteiger partial charge in [0.25, 0.3) is 0 Å². The zero-order valence-corrected chi connectivity index (χ0v) is 13.5. The van der Waals surface area contributed by atoms with Crippen LogP contribution in [0.3, 0.4) is 0 Å². The average molecular weight is 309 g/mol. The third kappa shape index (κ3) is 3.98. The van der Waals surface area contributed by atoms with Crippen molar-refractivity contribution in [3.63, 3.8) is 0 Å². The van der Waals surface area contributed by atoms with Gasteiger partial charge in [-0.25, -0.2) is 0 Å². The van der Waals surface area contributed by atoms with E-state index in [9.17, 15) is 4.79 Å². The van der Waals surface area contributed by atoms with Gasteiger partial charge in [0.15, 0.2) is 0 Å². The summed E-state index contributed by atoms with van der Waals surface area (Å²) in [7, 11) is 0. The van der Waals surface area contributed by atoms with Crippen molar-refractivity contribution in [2.75, 3.05) is 13.1 Å². The van der Waals surface area contributed by atoms with Gasteiger partial charge < -0.3 is 10.2 Å². The fraction of sp³-hybridized carbons (Fsp3) is 0.588. The highest BCUT2D eigenvalue weighted by Gasteiger charge is 2.30. The molecule has 2 atom stereocenters. The highest BCUT2D eigenvalue weighted by molar-refractivity contribution is 5.85. The molecule has 1 aromatic carbocycles. The van der Waals surface area contributed by atoms with E-state index >= 15 is 0 Å². The van der Waals surface area contributed by atoms with Crippen LogP contribution >= 0.6 is 12.4 Å². The van der Waals surface area contributed by atoms with E-state index in [1.807, 2.05) is 0 Å². The summed E-state index contributed by atoms with van der Waals surface area (Å²) >= 11 is 0. The summed E-state index contributed by atoms with van der Waals surface area (Å²) in [5, 5.41) is 3.62. The molecule has 0 aliphatic carbocycles. The Morgan fingerprint density at radius 2 is 1.81 bits per heavy atom. The Morgan fingerprint density at radius 1 is 1.14 bits per heavy atom. The molecule has 0 spiro atoms. The Balaban J connectivity index is 0.00000161. The summed E-state index contributed by atoms with van der Waals surface area (Å²) in [5.74, 6) is 0.281. The first-order valence-electron chi connectivity index (χ1n) is 7.86. The molecule has 2 heterocycles. The van der Waals surface area contributed by atoms with E-state index in [4.69, 9.17) is 0 Å². The highest BCUT2D eigenvalue weighted by atomic mass is 35.5. The lowest BCUT2D eigenvalue weighted by atomic mass is 10.1. The van der Waals surface area contributed by atoms with Gasteiger partial charge in [0.1, 0.15) is 0 Å². The van der Waals surface area contributed by atoms with E-state index in [0.717, 1.165) is 31.5 Å². The van der Waals surface area contributed by atoms with Crippen LogP contribution in [0.4, 0.5) is 0 Å². The van der Waals surface area contributed by atoms with E-state index in [1.165, 1.54) is 18.4 Å². The normalized spacial score (nSPS) is 24.3. The van der Waals surface area contributed by atoms with Crippen LogP contribution in [0.1, 0.15) is 37.3 Å². The highest BCUT2D eigenvalue weighted by Crippen LogP contribution is 2.21. The fourth-order valence-electron chi connectivity index (χ4n) is 3.35. The third-order valence-electron chi connectivity index (χ3n) is 4.66. The molecule has 0 radical (unpaired) electrons. The molecule has 2 aliphatic heterocycles. The van der Waals surface area contributed by atoms with Crippen LogP contribution < -0.4 is 5.32 Å². The number of benzene rings is 1. The van der Waals surface area contributed by atoms with E-state index in [-0.39, 0.29) is 18.3 Å². The van der Waals surface area contributed by atoms with Crippen molar-refractivity contribution in [3.05, 3.63) is 35.4 Å². The van der Waals surface area contributed by atoms with Crippen molar-refractivity contribution in [3.8, 4) is 0 Å². The van der Waals surface area contributed by atoms with Gasteiger partial charge >= 0.3 is 0 Å². The zero-order chi connectivity index (χ0) is 13.9. The number of hydrogen-bond donors (Lipinski definition) is 1. The number of nitrogens with zero attached hydrogens (tertiary/aromatic N) is 1. The average Bonchev–Trinajstić information content (AvgIpc) is 2.79. The number of likely N-dealkylation sites (tertiary alicyclic amines) is 1. The number of hydrogen-bond acceptors (Lipinski definition) is 2. The molecule has 1 amide bonds. The molecule has 2 saturated heterocycles. The lowest BCUT2D eigenvalue weighted by Crippen LogP contribution is -2.39. The molecule has 3 nitrogen and oxygen atoms in total. The van der Waals surface area contributed by atoms with Gasteiger partial charge in [-0.15, -0.1) is 12.4 Å². The zero-order valence-electron chi connectivity index (χ0n) is 12.7. The Morgan fingerprint density at radius 3 is 2.52 bits per heavy atom. The lowest BCUT2D eigenvalue weighted by molar-refractivity contribution is -0.130. The van der Waals surface area contributed by atoms with Gasteiger partial charge in [-0.2, -0.15) is 0 Å². The Bertz CT molecular complexity index is 474. The largest absolute Gasteiger partial charge is 0.341 e. The molecule has 3 rings (SSSR count). The first-order valence-corrected chi connectivity index (χ1v) is 7.86. The number of aryl methyl sites for hydroxylation is 1. The maximum absolute atomic E-state index is 12.4. The number of rotatable bonds is 3. The summed E-state index contributed by atoms with van der Waals surface area (Å²) < 4.78 is 0. The van der Waals surface area contributed by atoms with E-state index < -0.39 is 0 Å².